The van der Waals surface area contributed by atoms with Gasteiger partial charge in [0.15, 0.2) is 16.6 Å². The van der Waals surface area contributed by atoms with Gasteiger partial charge < -0.3 is 20.4 Å². The summed E-state index contributed by atoms with van der Waals surface area (Å²) in [6.07, 6.45) is 0.849. The molecule has 0 radical (unpaired) electrons. The average molecular weight is 605 g/mol. The molecule has 2 rings (SSSR count). The van der Waals surface area contributed by atoms with Crippen molar-refractivity contribution in [2.75, 3.05) is 18.9 Å². The summed E-state index contributed by atoms with van der Waals surface area (Å²) in [5.41, 5.74) is 2.89. The normalized spacial score (nSPS) is 18.3. The molecule has 1 aliphatic rings. The summed E-state index contributed by atoms with van der Waals surface area (Å²) in [7, 11) is -4.46. The van der Waals surface area contributed by atoms with Crippen molar-refractivity contribution in [2.24, 2.45) is 16.5 Å². The van der Waals surface area contributed by atoms with Crippen molar-refractivity contribution in [3.63, 3.8) is 0 Å². The van der Waals surface area contributed by atoms with Crippen LogP contribution in [0.1, 0.15) is 72.9 Å². The van der Waals surface area contributed by atoms with Crippen LogP contribution < -0.4 is 5.73 Å². The van der Waals surface area contributed by atoms with Crippen molar-refractivity contribution in [2.45, 2.75) is 78.9 Å². The van der Waals surface area contributed by atoms with Crippen LogP contribution in [0.2, 0.25) is 0 Å². The number of hydrogen-bond acceptors (Lipinski definition) is 13. The quantitative estimate of drug-likeness (QED) is 0.120. The van der Waals surface area contributed by atoms with E-state index in [0.717, 1.165) is 11.3 Å². The second kappa shape index (κ2) is 13.0. The van der Waals surface area contributed by atoms with Crippen LogP contribution in [0.15, 0.2) is 10.5 Å². The van der Waals surface area contributed by atoms with Crippen LogP contribution in [0.3, 0.4) is 0 Å². The van der Waals surface area contributed by atoms with Crippen LogP contribution in [-0.4, -0.2) is 77.0 Å². The van der Waals surface area contributed by atoms with E-state index in [9.17, 15) is 32.7 Å². The topological polar surface area (TPSA) is 205 Å². The van der Waals surface area contributed by atoms with Crippen molar-refractivity contribution in [1.29, 1.82) is 0 Å². The second-order valence-electron chi connectivity index (χ2n) is 10.6. The van der Waals surface area contributed by atoms with E-state index in [4.69, 9.17) is 19.5 Å². The number of rotatable bonds is 16. The molecule has 1 amide bonds. The molecular weight excluding hydrogens is 568 g/mol. The minimum atomic E-state index is -4.46. The molecule has 16 heteroatoms. The highest BCUT2D eigenvalue weighted by Crippen LogP contribution is 2.34. The molecule has 0 spiro atoms. The molecule has 1 saturated heterocycles. The second-order valence-corrected chi connectivity index (χ2v) is 13.0. The first kappa shape index (κ1) is 33.1. The van der Waals surface area contributed by atoms with E-state index in [0.29, 0.717) is 23.6 Å². The van der Waals surface area contributed by atoms with Crippen molar-refractivity contribution < 1.29 is 46.5 Å². The molecule has 1 fully saturated rings. The van der Waals surface area contributed by atoms with Gasteiger partial charge in [0.1, 0.15) is 5.69 Å². The van der Waals surface area contributed by atoms with Gasteiger partial charge in [-0.1, -0.05) is 25.9 Å². The molecule has 0 aromatic carbocycles. The van der Waals surface area contributed by atoms with Gasteiger partial charge in [-0.2, -0.15) is 8.42 Å². The molecule has 0 saturated carbocycles. The number of nitrogen functional groups attached to an aromatic ring is 1. The van der Waals surface area contributed by atoms with E-state index in [1.165, 1.54) is 26.2 Å². The number of hydrogen-bond donors (Lipinski definition) is 2. The largest absolute Gasteiger partial charge is 0.478 e. The van der Waals surface area contributed by atoms with Crippen LogP contribution in [0.25, 0.3) is 0 Å². The zero-order chi connectivity index (χ0) is 30.5. The van der Waals surface area contributed by atoms with Gasteiger partial charge in [0, 0.05) is 18.2 Å². The first-order chi connectivity index (χ1) is 18.4. The number of nitrogens with zero attached hydrogens (tertiary/aromatic N) is 3. The Morgan fingerprint density at radius 3 is 2.42 bits per heavy atom. The Bertz CT molecular complexity index is 1260. The molecule has 224 valence electrons. The minimum Gasteiger partial charge on any atom is -0.478 e. The van der Waals surface area contributed by atoms with Gasteiger partial charge in [-0.05, 0) is 39.0 Å². The molecule has 40 heavy (non-hydrogen) atoms. The maximum absolute atomic E-state index is 13.1. The summed E-state index contributed by atoms with van der Waals surface area (Å²) in [6, 6.07) is -0.905. The lowest BCUT2D eigenvalue weighted by molar-refractivity contribution is -0.161. The number of thiazole rings is 1. The number of amides is 1. The summed E-state index contributed by atoms with van der Waals surface area (Å²) in [4.78, 5) is 57.9. The number of oxime groups is 1. The summed E-state index contributed by atoms with van der Waals surface area (Å²) in [5, 5.41) is 14.5. The fourth-order valence-corrected chi connectivity index (χ4v) is 5.48. The van der Waals surface area contributed by atoms with Crippen LogP contribution >= 0.6 is 11.3 Å². The Hall–Kier alpha value is -3.11. The van der Waals surface area contributed by atoms with Gasteiger partial charge in [0.05, 0.1) is 25.2 Å². The summed E-state index contributed by atoms with van der Waals surface area (Å²) in [6.45, 7) is 9.08. The van der Waals surface area contributed by atoms with Gasteiger partial charge >= 0.3 is 22.2 Å². The number of ketones is 1. The third kappa shape index (κ3) is 8.44. The van der Waals surface area contributed by atoms with Crippen molar-refractivity contribution in [3.05, 3.63) is 11.1 Å². The third-order valence-electron chi connectivity index (χ3n) is 6.14. The van der Waals surface area contributed by atoms with Gasteiger partial charge in [0.2, 0.25) is 11.5 Å². The molecule has 3 N–H and O–H groups in total. The molecule has 1 aromatic rings. The molecule has 0 bridgehead atoms. The zero-order valence-corrected chi connectivity index (χ0v) is 25.0. The Morgan fingerprint density at radius 1 is 1.25 bits per heavy atom. The van der Waals surface area contributed by atoms with Crippen molar-refractivity contribution in [3.8, 4) is 0 Å². The van der Waals surface area contributed by atoms with E-state index < -0.39 is 57.4 Å². The van der Waals surface area contributed by atoms with E-state index in [1.807, 2.05) is 6.92 Å². The third-order valence-corrected chi connectivity index (χ3v) is 8.22. The number of esters is 1. The number of β-lactam (4-membered cyclic amide) rings is 1. The molecule has 14 nitrogen and oxygen atoms in total. The van der Waals surface area contributed by atoms with Crippen LogP contribution in [0.4, 0.5) is 5.13 Å². The number of aromatic nitrogens is 1. The minimum absolute atomic E-state index is 0.0310. The van der Waals surface area contributed by atoms with E-state index in [1.54, 1.807) is 13.8 Å². The number of nitrogens with two attached hydrogens (primary N) is 1. The summed E-state index contributed by atoms with van der Waals surface area (Å²) >= 11 is 1.02. The highest BCUT2D eigenvalue weighted by Gasteiger charge is 2.52. The van der Waals surface area contributed by atoms with Crippen LogP contribution in [0, 0.1) is 11.3 Å². The Balaban J connectivity index is 2.06. The smallest absolute Gasteiger partial charge is 0.364 e. The van der Waals surface area contributed by atoms with Gasteiger partial charge in [0.25, 0.3) is 0 Å². The molecular formula is C24H36N4O10S2. The van der Waals surface area contributed by atoms with Crippen molar-refractivity contribution in [1.82, 2.24) is 9.29 Å². The molecule has 2 atom stereocenters. The molecule has 1 aromatic heterocycles. The Morgan fingerprint density at radius 2 is 1.90 bits per heavy atom. The Labute approximate surface area is 237 Å². The molecule has 0 aliphatic carbocycles. The standard InChI is InChI=1S/C24H36N4O10S2/c1-7-8-18(30)36-10-9-23(3,4)13-37-40(34,35)28-14(2)15(20(28)31)11-17(29)19(16-12-39-22(25)26-16)27-38-24(5,6)21(32)33/h12,14-15H,7-11,13H2,1-6H3,(H2,25,26)(H,32,33)/b27-19+/t14-,15-/m0/s1. The SMILES string of the molecule is CCCC(=O)OCCC(C)(C)COS(=O)(=O)N1C(=O)[C@@H](CC(=O)/C(=N/OC(C)(C)C(=O)O)c2csc(N)n2)[C@@H]1C. The number of carboxylic acids is 1. The lowest BCUT2D eigenvalue weighted by atomic mass is 9.86. The lowest BCUT2D eigenvalue weighted by Gasteiger charge is -2.43. The monoisotopic (exact) mass is 604 g/mol. The number of anilines is 1. The predicted octanol–water partition coefficient (Wildman–Crippen LogP) is 2.14. The number of aliphatic carboxylic acids is 1. The molecule has 2 heterocycles. The number of carboxylic acid groups (broad SMARTS) is 1. The maximum Gasteiger partial charge on any atom is 0.364 e. The van der Waals surface area contributed by atoms with Gasteiger partial charge in [-0.15, -0.1) is 11.3 Å². The summed E-state index contributed by atoms with van der Waals surface area (Å²) in [5.74, 6) is -4.23. The van der Waals surface area contributed by atoms with Gasteiger partial charge in [-0.3, -0.25) is 18.6 Å². The zero-order valence-electron chi connectivity index (χ0n) is 23.3. The Kier molecular flexibility index (Phi) is 10.8. The predicted molar refractivity (Wildman–Crippen MR) is 144 cm³/mol. The highest BCUT2D eigenvalue weighted by molar-refractivity contribution is 7.85. The van der Waals surface area contributed by atoms with Crippen LogP contribution in [-0.2, 0) is 43.2 Å². The fourth-order valence-electron chi connectivity index (χ4n) is 3.44. The number of carbonyl (C=O) groups excluding carboxylic acids is 3. The highest BCUT2D eigenvalue weighted by atomic mass is 32.2. The molecule has 1 aliphatic heterocycles. The number of Topliss-reactive ketones (excluding diaryl/α,β-unsaturated/α-hetero) is 1. The number of carbonyl (C=O) groups is 4. The van der Waals surface area contributed by atoms with E-state index in [-0.39, 0.29) is 35.7 Å². The van der Waals surface area contributed by atoms with E-state index in [2.05, 4.69) is 10.1 Å². The molecule has 0 unspecified atom stereocenters. The first-order valence-electron chi connectivity index (χ1n) is 12.5. The van der Waals surface area contributed by atoms with Crippen molar-refractivity contribution >= 4 is 56.1 Å². The number of ether oxygens (including phenoxy) is 1. The lowest BCUT2D eigenvalue weighted by Crippen LogP contribution is -2.62. The first-order valence-corrected chi connectivity index (χ1v) is 14.8. The summed E-state index contributed by atoms with van der Waals surface area (Å²) < 4.78 is 36.4. The maximum atomic E-state index is 13.1. The van der Waals surface area contributed by atoms with Crippen LogP contribution in [0.5, 0.6) is 0 Å². The fraction of sp³-hybridized carbons (Fsp3) is 0.667. The van der Waals surface area contributed by atoms with Gasteiger partial charge in [-0.25, -0.2) is 14.1 Å². The average Bonchev–Trinajstić information content (AvgIpc) is 3.27. The van der Waals surface area contributed by atoms with E-state index >= 15 is 0 Å².